The topological polar surface area (TPSA) is 103 Å². The van der Waals surface area contributed by atoms with Crippen LogP contribution in [0.2, 0.25) is 0 Å². The summed E-state index contributed by atoms with van der Waals surface area (Å²) in [5.41, 5.74) is 0. The maximum Gasteiger partial charge on any atom is 0.246 e. The Morgan fingerprint density at radius 1 is 0.840 bits per heavy atom. The Morgan fingerprint density at radius 2 is 1.48 bits per heavy atom. The van der Waals surface area contributed by atoms with Crippen LogP contribution in [0, 0.1) is 0 Å². The molecule has 0 rings (SSSR count). The molecule has 0 aromatic rings. The van der Waals surface area contributed by atoms with Gasteiger partial charge >= 0.3 is 0 Å². The van der Waals surface area contributed by atoms with Crippen LogP contribution in [-0.4, -0.2) is 69.8 Å². The molecule has 0 saturated carbocycles. The Hall–Kier alpha value is -1.51. The van der Waals surface area contributed by atoms with E-state index >= 15 is 0 Å². The number of hydrogen-bond acceptors (Lipinski definition) is 6. The Kier molecular flexibility index (Phi) is 15.0. The number of nitrogens with one attached hydrogen (secondary N) is 2. The summed E-state index contributed by atoms with van der Waals surface area (Å²) in [5.74, 6) is -0.186. The molecule has 0 unspecified atom stereocenters. The second kappa shape index (κ2) is 16.0. The summed E-state index contributed by atoms with van der Waals surface area (Å²) in [6.07, 6.45) is 1.34. The molecule has 0 aromatic carbocycles. The van der Waals surface area contributed by atoms with Gasteiger partial charge in [-0.2, -0.15) is 0 Å². The van der Waals surface area contributed by atoms with Gasteiger partial charge in [0.2, 0.25) is 11.8 Å². The van der Waals surface area contributed by atoms with Crippen molar-refractivity contribution in [1.29, 1.82) is 0 Å². The molecule has 0 fully saturated rings. The molecule has 8 nitrogen and oxygen atoms in total. The average molecular weight is 360 g/mol. The highest BCUT2D eigenvalue weighted by atomic mass is 16.5. The van der Waals surface area contributed by atoms with Crippen molar-refractivity contribution in [2.24, 2.45) is 0 Å². The number of ketones is 1. The molecule has 0 aliphatic heterocycles. The third-order valence-corrected chi connectivity index (χ3v) is 3.07. The summed E-state index contributed by atoms with van der Waals surface area (Å²) in [6, 6.07) is 0. The second-order valence-corrected chi connectivity index (χ2v) is 5.68. The van der Waals surface area contributed by atoms with Crippen LogP contribution in [0.4, 0.5) is 0 Å². The van der Waals surface area contributed by atoms with Gasteiger partial charge in [0.1, 0.15) is 12.4 Å². The lowest BCUT2D eigenvalue weighted by molar-refractivity contribution is -0.126. The molecule has 2 N–H and O–H groups in total. The van der Waals surface area contributed by atoms with Crippen molar-refractivity contribution < 1.29 is 28.6 Å². The lowest BCUT2D eigenvalue weighted by atomic mass is 10.2. The van der Waals surface area contributed by atoms with Gasteiger partial charge in [0.05, 0.1) is 32.5 Å². The van der Waals surface area contributed by atoms with Crippen LogP contribution in [0.3, 0.4) is 0 Å². The van der Waals surface area contributed by atoms with E-state index in [1.807, 2.05) is 20.8 Å². The maximum absolute atomic E-state index is 11.5. The minimum Gasteiger partial charge on any atom is -0.379 e. The first kappa shape index (κ1) is 23.5. The van der Waals surface area contributed by atoms with Crippen LogP contribution in [0.1, 0.15) is 40.0 Å². The minimum atomic E-state index is -0.245. The summed E-state index contributed by atoms with van der Waals surface area (Å²) in [7, 11) is 0. The number of carbonyl (C=O) groups is 3. The fourth-order valence-corrected chi connectivity index (χ4v) is 1.68. The standard InChI is InChI=1S/C17H32N2O6/c1-4-15(20)5-9-23-11-7-19-17(22)13-24-12-8-18-16(21)6-10-25-14(2)3/h14H,4-13H2,1-3H3,(H,18,21)(H,19,22). The van der Waals surface area contributed by atoms with Crippen molar-refractivity contribution in [2.75, 3.05) is 46.1 Å². The van der Waals surface area contributed by atoms with Crippen molar-refractivity contribution in [2.45, 2.75) is 46.1 Å². The van der Waals surface area contributed by atoms with Gasteiger partial charge in [0.15, 0.2) is 0 Å². The Labute approximate surface area is 150 Å². The second-order valence-electron chi connectivity index (χ2n) is 5.68. The van der Waals surface area contributed by atoms with Crippen LogP contribution in [0.5, 0.6) is 0 Å². The van der Waals surface area contributed by atoms with Crippen molar-refractivity contribution in [3.63, 3.8) is 0 Å². The van der Waals surface area contributed by atoms with Gasteiger partial charge in [-0.05, 0) is 13.8 Å². The number of hydrogen-bond donors (Lipinski definition) is 2. The highest BCUT2D eigenvalue weighted by molar-refractivity contribution is 5.78. The van der Waals surface area contributed by atoms with Crippen LogP contribution >= 0.6 is 0 Å². The summed E-state index contributed by atoms with van der Waals surface area (Å²) in [5, 5.41) is 5.33. The average Bonchev–Trinajstić information content (AvgIpc) is 2.56. The van der Waals surface area contributed by atoms with Crippen LogP contribution in [-0.2, 0) is 28.6 Å². The quantitative estimate of drug-likeness (QED) is 0.387. The molecule has 146 valence electrons. The summed E-state index contributed by atoms with van der Waals surface area (Å²) >= 11 is 0. The zero-order valence-corrected chi connectivity index (χ0v) is 15.6. The zero-order chi connectivity index (χ0) is 18.9. The van der Waals surface area contributed by atoms with Crippen LogP contribution in [0.25, 0.3) is 0 Å². The van der Waals surface area contributed by atoms with Gasteiger partial charge in [-0.15, -0.1) is 0 Å². The molecule has 8 heteroatoms. The first-order chi connectivity index (χ1) is 12.0. The molecule has 0 spiro atoms. The van der Waals surface area contributed by atoms with E-state index in [9.17, 15) is 14.4 Å². The van der Waals surface area contributed by atoms with Crippen molar-refractivity contribution >= 4 is 17.6 Å². The lowest BCUT2D eigenvalue weighted by Gasteiger charge is -2.09. The van der Waals surface area contributed by atoms with E-state index in [0.29, 0.717) is 52.2 Å². The highest BCUT2D eigenvalue weighted by Crippen LogP contribution is 1.90. The van der Waals surface area contributed by atoms with E-state index in [1.54, 1.807) is 0 Å². The Bertz CT molecular complexity index is 387. The van der Waals surface area contributed by atoms with Crippen LogP contribution < -0.4 is 10.6 Å². The number of ether oxygens (including phenoxy) is 3. The van der Waals surface area contributed by atoms with E-state index in [1.165, 1.54) is 0 Å². The molecule has 2 amide bonds. The fraction of sp³-hybridized carbons (Fsp3) is 0.824. The third-order valence-electron chi connectivity index (χ3n) is 3.07. The predicted octanol–water partition coefficient (Wildman–Crippen LogP) is 0.436. The molecule has 0 aromatic heterocycles. The van der Waals surface area contributed by atoms with Gasteiger partial charge in [-0.1, -0.05) is 6.92 Å². The molecule has 0 heterocycles. The monoisotopic (exact) mass is 360 g/mol. The van der Waals surface area contributed by atoms with Crippen molar-refractivity contribution in [3.8, 4) is 0 Å². The smallest absolute Gasteiger partial charge is 0.246 e. The summed E-state index contributed by atoms with van der Waals surface area (Å²) in [4.78, 5) is 34.0. The van der Waals surface area contributed by atoms with E-state index in [0.717, 1.165) is 0 Å². The minimum absolute atomic E-state index is 0.0688. The van der Waals surface area contributed by atoms with E-state index in [-0.39, 0.29) is 36.9 Å². The molecule has 0 saturated heterocycles. The van der Waals surface area contributed by atoms with Crippen molar-refractivity contribution in [1.82, 2.24) is 10.6 Å². The molecule has 0 bridgehead atoms. The van der Waals surface area contributed by atoms with E-state index < -0.39 is 0 Å². The molecule has 0 aliphatic carbocycles. The van der Waals surface area contributed by atoms with Crippen LogP contribution in [0.15, 0.2) is 0 Å². The fourth-order valence-electron chi connectivity index (χ4n) is 1.68. The van der Waals surface area contributed by atoms with E-state index in [2.05, 4.69) is 10.6 Å². The third kappa shape index (κ3) is 17.1. The molecule has 0 atom stereocenters. The van der Waals surface area contributed by atoms with Gasteiger partial charge in [0.25, 0.3) is 0 Å². The lowest BCUT2D eigenvalue weighted by Crippen LogP contribution is -2.33. The molecular formula is C17H32N2O6. The van der Waals surface area contributed by atoms with Crippen molar-refractivity contribution in [3.05, 3.63) is 0 Å². The van der Waals surface area contributed by atoms with Gasteiger partial charge in [-0.25, -0.2) is 0 Å². The Balaban J connectivity index is 3.38. The number of carbonyl (C=O) groups excluding carboxylic acids is 3. The summed E-state index contributed by atoms with van der Waals surface area (Å²) in [6.45, 7) is 7.68. The maximum atomic E-state index is 11.5. The van der Waals surface area contributed by atoms with Gasteiger partial charge in [-0.3, -0.25) is 14.4 Å². The zero-order valence-electron chi connectivity index (χ0n) is 15.6. The normalized spacial score (nSPS) is 10.7. The van der Waals surface area contributed by atoms with E-state index in [4.69, 9.17) is 14.2 Å². The first-order valence-corrected chi connectivity index (χ1v) is 8.77. The molecule has 0 aliphatic rings. The molecular weight excluding hydrogens is 328 g/mol. The SMILES string of the molecule is CCC(=O)CCOCCNC(=O)COCCNC(=O)CCOC(C)C. The predicted molar refractivity (Wildman–Crippen MR) is 93.3 cm³/mol. The molecule has 25 heavy (non-hydrogen) atoms. The first-order valence-electron chi connectivity index (χ1n) is 8.77. The number of Topliss-reactive ketones (excluding diaryl/α,β-unsaturated/α-hetero) is 1. The summed E-state index contributed by atoms with van der Waals surface area (Å²) < 4.78 is 15.7. The largest absolute Gasteiger partial charge is 0.379 e. The van der Waals surface area contributed by atoms with Gasteiger partial charge < -0.3 is 24.8 Å². The van der Waals surface area contributed by atoms with Gasteiger partial charge in [0, 0.05) is 32.4 Å². The highest BCUT2D eigenvalue weighted by Gasteiger charge is 2.04. The number of rotatable bonds is 16. The Morgan fingerprint density at radius 3 is 2.12 bits per heavy atom. The number of amides is 2. The molecule has 0 radical (unpaired) electrons.